The molecule has 0 N–H and O–H groups in total. The standard InChI is InChI=1S/C74H46N2O/c1-4-18-47(19-5-1)49-32-37-57-62(43-49)73(58-38-33-50(44-61(58)72(57)48-20-6-2-7-21-48)51-36-41-71-60(42-51)56-25-11-17-31-70(56)77-71)53-35-40-67(75-46-53)52-34-39-64-59(45-52)55-24-10-12-26-63(55)74(64)65-27-13-15-29-68(65)76(54-22-8-3-9-23-54)69-30-16-14-28-66(69)74/h1-46H. The van der Waals surface area contributed by atoms with E-state index in [1.807, 2.05) is 12.1 Å². The van der Waals surface area contributed by atoms with Gasteiger partial charge in [0, 0.05) is 33.8 Å². The number of para-hydroxylation sites is 4. The molecule has 12 aromatic carbocycles. The second kappa shape index (κ2) is 17.0. The third-order valence-electron chi connectivity index (χ3n) is 16.5. The number of pyridine rings is 1. The predicted octanol–water partition coefficient (Wildman–Crippen LogP) is 19.8. The van der Waals surface area contributed by atoms with Crippen molar-refractivity contribution in [3.63, 3.8) is 0 Å². The summed E-state index contributed by atoms with van der Waals surface area (Å²) in [6, 6.07) is 99.9. The average Bonchev–Trinajstić information content (AvgIpc) is 4.03. The highest BCUT2D eigenvalue weighted by Crippen LogP contribution is 2.63. The number of anilines is 3. The molecule has 1 aliphatic heterocycles. The molecule has 0 amide bonds. The van der Waals surface area contributed by atoms with Crippen LogP contribution in [0.25, 0.3) is 110 Å². The topological polar surface area (TPSA) is 29.3 Å². The van der Waals surface area contributed by atoms with E-state index in [4.69, 9.17) is 9.40 Å². The lowest BCUT2D eigenvalue weighted by atomic mass is 9.64. The molecule has 0 radical (unpaired) electrons. The Kier molecular flexibility index (Phi) is 9.55. The molecule has 0 bridgehead atoms. The van der Waals surface area contributed by atoms with Gasteiger partial charge in [-0.3, -0.25) is 4.98 Å². The number of fused-ring (bicyclic) bond motifs is 14. The number of furan rings is 1. The molecule has 3 nitrogen and oxygen atoms in total. The Morgan fingerprint density at radius 3 is 1.49 bits per heavy atom. The maximum atomic E-state index is 6.27. The van der Waals surface area contributed by atoms with Crippen molar-refractivity contribution in [2.45, 2.75) is 5.41 Å². The summed E-state index contributed by atoms with van der Waals surface area (Å²) < 4.78 is 6.27. The highest BCUT2D eigenvalue weighted by atomic mass is 16.3. The number of benzene rings is 12. The lowest BCUT2D eigenvalue weighted by Crippen LogP contribution is -2.36. The Balaban J connectivity index is 0.873. The zero-order valence-electron chi connectivity index (χ0n) is 41.9. The van der Waals surface area contributed by atoms with E-state index in [0.29, 0.717) is 0 Å². The first-order valence-corrected chi connectivity index (χ1v) is 26.5. The minimum absolute atomic E-state index is 0.521. The molecule has 0 atom stereocenters. The van der Waals surface area contributed by atoms with Crippen LogP contribution in [-0.4, -0.2) is 4.98 Å². The molecule has 3 heterocycles. The maximum absolute atomic E-state index is 6.27. The van der Waals surface area contributed by atoms with Crippen LogP contribution in [0.2, 0.25) is 0 Å². The fourth-order valence-corrected chi connectivity index (χ4v) is 13.2. The molecule has 3 heteroatoms. The molecule has 77 heavy (non-hydrogen) atoms. The molecule has 0 saturated heterocycles. The summed E-state index contributed by atoms with van der Waals surface area (Å²) in [6.45, 7) is 0. The van der Waals surface area contributed by atoms with Gasteiger partial charge < -0.3 is 9.32 Å². The van der Waals surface area contributed by atoms with Gasteiger partial charge in [0.25, 0.3) is 0 Å². The molecule has 0 saturated carbocycles. The lowest BCUT2D eigenvalue weighted by molar-refractivity contribution is 0.669. The number of hydrogen-bond acceptors (Lipinski definition) is 3. The number of aromatic nitrogens is 1. The first-order valence-electron chi connectivity index (χ1n) is 26.5. The molecule has 358 valence electrons. The van der Waals surface area contributed by atoms with E-state index >= 15 is 0 Å². The highest BCUT2D eigenvalue weighted by molar-refractivity contribution is 6.22. The molecule has 16 rings (SSSR count). The summed E-state index contributed by atoms with van der Waals surface area (Å²) in [6.07, 6.45) is 2.10. The van der Waals surface area contributed by atoms with E-state index in [9.17, 15) is 0 Å². The molecular formula is C74H46N2O. The summed E-state index contributed by atoms with van der Waals surface area (Å²) in [4.78, 5) is 7.83. The van der Waals surface area contributed by atoms with Gasteiger partial charge in [-0.15, -0.1) is 0 Å². The first kappa shape index (κ1) is 43.3. The van der Waals surface area contributed by atoms with Crippen LogP contribution in [0.15, 0.2) is 284 Å². The van der Waals surface area contributed by atoms with E-state index in [0.717, 1.165) is 55.6 Å². The quantitative estimate of drug-likeness (QED) is 0.156. The normalized spacial score (nSPS) is 13.0. The summed E-state index contributed by atoms with van der Waals surface area (Å²) in [5.74, 6) is 0. The first-order chi connectivity index (χ1) is 38.2. The lowest BCUT2D eigenvalue weighted by Gasteiger charge is -2.45. The molecule has 1 spiro atoms. The zero-order chi connectivity index (χ0) is 50.6. The van der Waals surface area contributed by atoms with Crippen molar-refractivity contribution >= 4 is 60.5 Å². The molecule has 0 unspecified atom stereocenters. The van der Waals surface area contributed by atoms with Crippen molar-refractivity contribution in [2.24, 2.45) is 0 Å². The number of hydrogen-bond donors (Lipinski definition) is 0. The van der Waals surface area contributed by atoms with Gasteiger partial charge in [-0.1, -0.05) is 206 Å². The van der Waals surface area contributed by atoms with Crippen LogP contribution in [-0.2, 0) is 5.41 Å². The Hall–Kier alpha value is -10.1. The van der Waals surface area contributed by atoms with Crippen molar-refractivity contribution in [3.8, 4) is 66.9 Å². The zero-order valence-corrected chi connectivity index (χ0v) is 41.9. The molecule has 0 fully saturated rings. The average molecular weight is 979 g/mol. The summed E-state index contributed by atoms with van der Waals surface area (Å²) >= 11 is 0. The Bertz CT molecular complexity index is 4630. The molecule has 2 aliphatic rings. The Labute approximate surface area is 446 Å². The largest absolute Gasteiger partial charge is 0.456 e. The van der Waals surface area contributed by atoms with E-state index in [1.165, 1.54) is 94.1 Å². The number of nitrogens with zero attached hydrogens (tertiary/aromatic N) is 2. The van der Waals surface area contributed by atoms with Crippen molar-refractivity contribution in [1.82, 2.24) is 4.98 Å². The summed E-state index contributed by atoms with van der Waals surface area (Å²) in [7, 11) is 0. The predicted molar refractivity (Wildman–Crippen MR) is 319 cm³/mol. The van der Waals surface area contributed by atoms with Crippen molar-refractivity contribution in [2.75, 3.05) is 4.90 Å². The molecule has 2 aromatic heterocycles. The third-order valence-corrected chi connectivity index (χ3v) is 16.5. The van der Waals surface area contributed by atoms with Gasteiger partial charge in [-0.25, -0.2) is 0 Å². The Morgan fingerprint density at radius 1 is 0.299 bits per heavy atom. The van der Waals surface area contributed by atoms with Crippen LogP contribution in [0, 0.1) is 0 Å². The van der Waals surface area contributed by atoms with Crippen molar-refractivity contribution < 1.29 is 4.42 Å². The summed E-state index contributed by atoms with van der Waals surface area (Å²) in [5, 5.41) is 6.98. The van der Waals surface area contributed by atoms with Crippen LogP contribution in [0.5, 0.6) is 0 Å². The minimum atomic E-state index is -0.521. The smallest absolute Gasteiger partial charge is 0.135 e. The fraction of sp³-hybridized carbons (Fsp3) is 0.0135. The van der Waals surface area contributed by atoms with Gasteiger partial charge in [0.15, 0.2) is 0 Å². The van der Waals surface area contributed by atoms with Crippen LogP contribution < -0.4 is 4.90 Å². The third kappa shape index (κ3) is 6.47. The van der Waals surface area contributed by atoms with E-state index in [2.05, 4.69) is 272 Å². The summed E-state index contributed by atoms with van der Waals surface area (Å²) in [5.41, 5.74) is 23.7. The van der Waals surface area contributed by atoms with Crippen molar-refractivity contribution in [1.29, 1.82) is 0 Å². The number of rotatable bonds is 6. The van der Waals surface area contributed by atoms with Crippen molar-refractivity contribution in [3.05, 3.63) is 301 Å². The second-order valence-corrected chi connectivity index (χ2v) is 20.5. The van der Waals surface area contributed by atoms with Crippen LogP contribution in [0.3, 0.4) is 0 Å². The maximum Gasteiger partial charge on any atom is 0.135 e. The van der Waals surface area contributed by atoms with Gasteiger partial charge >= 0.3 is 0 Å². The monoisotopic (exact) mass is 978 g/mol. The molecular weight excluding hydrogens is 933 g/mol. The Morgan fingerprint density at radius 2 is 0.805 bits per heavy atom. The molecule has 14 aromatic rings. The van der Waals surface area contributed by atoms with Gasteiger partial charge in [0.2, 0.25) is 0 Å². The SMILES string of the molecule is c1ccc(-c2ccc3c(-c4ccccc4)c4cc(-c5ccc6oc7ccccc7c6c5)ccc4c(-c4ccc(-c5ccc6c(c5)-c5ccccc5C65c6ccccc6N(c6ccccc6)c6ccccc65)nc4)c3c2)cc1. The highest BCUT2D eigenvalue weighted by Gasteiger charge is 2.51. The van der Waals surface area contributed by atoms with E-state index < -0.39 is 5.41 Å². The van der Waals surface area contributed by atoms with Gasteiger partial charge in [-0.2, -0.15) is 0 Å². The minimum Gasteiger partial charge on any atom is -0.456 e. The van der Waals surface area contributed by atoms with E-state index in [-0.39, 0.29) is 0 Å². The van der Waals surface area contributed by atoms with Gasteiger partial charge in [0.05, 0.1) is 22.5 Å². The van der Waals surface area contributed by atoms with Crippen LogP contribution in [0.1, 0.15) is 22.3 Å². The van der Waals surface area contributed by atoms with Gasteiger partial charge in [0.1, 0.15) is 11.2 Å². The second-order valence-electron chi connectivity index (χ2n) is 20.5. The van der Waals surface area contributed by atoms with E-state index in [1.54, 1.807) is 0 Å². The molecule has 1 aliphatic carbocycles. The van der Waals surface area contributed by atoms with Crippen LogP contribution in [0.4, 0.5) is 17.1 Å². The van der Waals surface area contributed by atoms with Gasteiger partial charge in [-0.05, 0) is 161 Å². The fourth-order valence-electron chi connectivity index (χ4n) is 13.2. The van der Waals surface area contributed by atoms with Crippen LogP contribution >= 0.6 is 0 Å².